The van der Waals surface area contributed by atoms with Gasteiger partial charge in [0.05, 0.1) is 23.5 Å². The molecule has 3 unspecified atom stereocenters. The van der Waals surface area contributed by atoms with E-state index in [2.05, 4.69) is 10.2 Å². The first kappa shape index (κ1) is 20.6. The summed E-state index contributed by atoms with van der Waals surface area (Å²) in [5.41, 5.74) is 0.666. The Morgan fingerprint density at radius 2 is 1.84 bits per heavy atom. The van der Waals surface area contributed by atoms with Crippen molar-refractivity contribution >= 4 is 27.3 Å². The molecule has 4 heterocycles. The van der Waals surface area contributed by atoms with E-state index in [1.165, 1.54) is 0 Å². The van der Waals surface area contributed by atoms with E-state index in [0.717, 1.165) is 32.4 Å². The fourth-order valence-electron chi connectivity index (χ4n) is 5.06. The summed E-state index contributed by atoms with van der Waals surface area (Å²) in [6, 6.07) is 4.67. The van der Waals surface area contributed by atoms with E-state index in [9.17, 15) is 18.0 Å². The zero-order valence-electron chi connectivity index (χ0n) is 17.3. The van der Waals surface area contributed by atoms with Gasteiger partial charge in [0.15, 0.2) is 21.3 Å². The largest absolute Gasteiger partial charge is 0.454 e. The first-order chi connectivity index (χ1) is 14.9. The number of nitrogens with one attached hydrogen (secondary N) is 1. The number of hydrogen-bond donors (Lipinski definition) is 1. The first-order valence-corrected chi connectivity index (χ1v) is 12.7. The van der Waals surface area contributed by atoms with E-state index in [0.29, 0.717) is 17.2 Å². The number of anilines is 1. The molecule has 5 rings (SSSR count). The molecule has 3 atom stereocenters. The van der Waals surface area contributed by atoms with Crippen molar-refractivity contribution in [2.75, 3.05) is 42.8 Å². The SMILES string of the molecule is O=C(NC1CS(=O)(=O)CC1N1CCCCC1)C1CC(=O)N(c2ccc3c(c2)OCO3)C1. The van der Waals surface area contributed by atoms with Crippen molar-refractivity contribution in [2.45, 2.75) is 37.8 Å². The van der Waals surface area contributed by atoms with Gasteiger partial charge in [-0.2, -0.15) is 0 Å². The second-order valence-electron chi connectivity index (χ2n) is 8.80. The maximum absolute atomic E-state index is 13.0. The Labute approximate surface area is 181 Å². The quantitative estimate of drug-likeness (QED) is 0.715. The molecule has 31 heavy (non-hydrogen) atoms. The molecule has 0 aliphatic carbocycles. The molecule has 2 amide bonds. The van der Waals surface area contributed by atoms with E-state index in [1.807, 2.05) is 0 Å². The van der Waals surface area contributed by atoms with E-state index < -0.39 is 21.8 Å². The van der Waals surface area contributed by atoms with Crippen LogP contribution in [0.2, 0.25) is 0 Å². The monoisotopic (exact) mass is 449 g/mol. The average molecular weight is 450 g/mol. The second-order valence-corrected chi connectivity index (χ2v) is 11.0. The van der Waals surface area contributed by atoms with Crippen molar-refractivity contribution in [1.82, 2.24) is 10.2 Å². The smallest absolute Gasteiger partial charge is 0.231 e. The Kier molecular flexibility index (Phi) is 5.29. The van der Waals surface area contributed by atoms with Gasteiger partial charge in [0.25, 0.3) is 0 Å². The number of ether oxygens (including phenoxy) is 2. The molecule has 1 aromatic carbocycles. The summed E-state index contributed by atoms with van der Waals surface area (Å²) in [6.45, 7) is 2.15. The lowest BCUT2D eigenvalue weighted by molar-refractivity contribution is -0.127. The highest BCUT2D eigenvalue weighted by atomic mass is 32.2. The van der Waals surface area contributed by atoms with Crippen molar-refractivity contribution < 1.29 is 27.5 Å². The summed E-state index contributed by atoms with van der Waals surface area (Å²) in [5, 5.41) is 2.97. The lowest BCUT2D eigenvalue weighted by Crippen LogP contribution is -2.53. The molecule has 0 saturated carbocycles. The summed E-state index contributed by atoms with van der Waals surface area (Å²) < 4.78 is 35.3. The Hall–Kier alpha value is -2.33. The first-order valence-electron chi connectivity index (χ1n) is 10.8. The third-order valence-electron chi connectivity index (χ3n) is 6.67. The number of nitrogens with zero attached hydrogens (tertiary/aromatic N) is 2. The number of amides is 2. The number of sulfone groups is 1. The maximum atomic E-state index is 13.0. The highest BCUT2D eigenvalue weighted by molar-refractivity contribution is 7.91. The number of carbonyl (C=O) groups is 2. The third-order valence-corrected chi connectivity index (χ3v) is 8.39. The number of carbonyl (C=O) groups excluding carboxylic acids is 2. The highest BCUT2D eigenvalue weighted by Gasteiger charge is 2.44. The van der Waals surface area contributed by atoms with Gasteiger partial charge in [-0.1, -0.05) is 6.42 Å². The zero-order chi connectivity index (χ0) is 21.6. The Balaban J connectivity index is 1.26. The van der Waals surface area contributed by atoms with Gasteiger partial charge in [-0.3, -0.25) is 14.5 Å². The van der Waals surface area contributed by atoms with Gasteiger partial charge in [0, 0.05) is 30.8 Å². The number of likely N-dealkylation sites (tertiary alicyclic amines) is 1. The van der Waals surface area contributed by atoms with Crippen LogP contribution in [0.25, 0.3) is 0 Å². The van der Waals surface area contributed by atoms with E-state index in [1.54, 1.807) is 23.1 Å². The van der Waals surface area contributed by atoms with E-state index >= 15 is 0 Å². The molecule has 0 aromatic heterocycles. The van der Waals surface area contributed by atoms with Crippen LogP contribution in [0.5, 0.6) is 11.5 Å². The van der Waals surface area contributed by atoms with Crippen LogP contribution in [0.3, 0.4) is 0 Å². The molecule has 3 fully saturated rings. The van der Waals surface area contributed by atoms with Gasteiger partial charge < -0.3 is 19.7 Å². The summed E-state index contributed by atoms with van der Waals surface area (Å²) in [5.74, 6) is 0.376. The number of fused-ring (bicyclic) bond motifs is 1. The Morgan fingerprint density at radius 1 is 1.06 bits per heavy atom. The fraction of sp³-hybridized carbons (Fsp3) is 0.619. The molecule has 10 heteroatoms. The molecule has 0 bridgehead atoms. The molecule has 1 N–H and O–H groups in total. The van der Waals surface area contributed by atoms with Gasteiger partial charge >= 0.3 is 0 Å². The van der Waals surface area contributed by atoms with Crippen LogP contribution in [0.1, 0.15) is 25.7 Å². The predicted molar refractivity (Wildman–Crippen MR) is 113 cm³/mol. The molecule has 9 nitrogen and oxygen atoms in total. The van der Waals surface area contributed by atoms with Crippen LogP contribution in [0.4, 0.5) is 5.69 Å². The van der Waals surface area contributed by atoms with Crippen LogP contribution in [-0.2, 0) is 19.4 Å². The van der Waals surface area contributed by atoms with Gasteiger partial charge in [0.1, 0.15) is 0 Å². The van der Waals surface area contributed by atoms with Crippen LogP contribution in [0, 0.1) is 5.92 Å². The van der Waals surface area contributed by atoms with Gasteiger partial charge in [-0.25, -0.2) is 8.42 Å². The minimum atomic E-state index is -3.19. The maximum Gasteiger partial charge on any atom is 0.231 e. The lowest BCUT2D eigenvalue weighted by Gasteiger charge is -2.35. The van der Waals surface area contributed by atoms with Crippen molar-refractivity contribution in [3.05, 3.63) is 18.2 Å². The number of benzene rings is 1. The van der Waals surface area contributed by atoms with Crippen LogP contribution in [-0.4, -0.2) is 75.1 Å². The molecular weight excluding hydrogens is 422 g/mol. The topological polar surface area (TPSA) is 105 Å². The van der Waals surface area contributed by atoms with E-state index in [4.69, 9.17) is 9.47 Å². The van der Waals surface area contributed by atoms with E-state index in [-0.39, 0.29) is 49.1 Å². The van der Waals surface area contributed by atoms with Crippen molar-refractivity contribution in [1.29, 1.82) is 0 Å². The minimum absolute atomic E-state index is 0.0353. The predicted octanol–water partition coefficient (Wildman–Crippen LogP) is 0.536. The molecule has 3 saturated heterocycles. The molecule has 0 radical (unpaired) electrons. The van der Waals surface area contributed by atoms with Crippen molar-refractivity contribution in [3.63, 3.8) is 0 Å². The molecule has 0 spiro atoms. The molecule has 4 aliphatic rings. The summed E-state index contributed by atoms with van der Waals surface area (Å²) in [4.78, 5) is 29.4. The lowest BCUT2D eigenvalue weighted by atomic mass is 10.0. The van der Waals surface area contributed by atoms with Crippen LogP contribution < -0.4 is 19.7 Å². The number of hydrogen-bond acceptors (Lipinski definition) is 7. The van der Waals surface area contributed by atoms with Crippen molar-refractivity contribution in [3.8, 4) is 11.5 Å². The van der Waals surface area contributed by atoms with Gasteiger partial charge in [-0.15, -0.1) is 0 Å². The third kappa shape index (κ3) is 4.10. The highest BCUT2D eigenvalue weighted by Crippen LogP contribution is 2.37. The zero-order valence-corrected chi connectivity index (χ0v) is 18.1. The van der Waals surface area contributed by atoms with Crippen molar-refractivity contribution in [2.24, 2.45) is 5.92 Å². The Bertz CT molecular complexity index is 991. The number of piperidine rings is 1. The minimum Gasteiger partial charge on any atom is -0.454 e. The molecule has 4 aliphatic heterocycles. The number of rotatable bonds is 4. The summed E-state index contributed by atoms with van der Waals surface area (Å²) >= 11 is 0. The molecule has 168 valence electrons. The van der Waals surface area contributed by atoms with Gasteiger partial charge in [0.2, 0.25) is 18.6 Å². The average Bonchev–Trinajstić information content (AvgIpc) is 3.44. The second kappa shape index (κ2) is 7.98. The van der Waals surface area contributed by atoms with Crippen LogP contribution >= 0.6 is 0 Å². The fourth-order valence-corrected chi connectivity index (χ4v) is 7.02. The summed E-state index contributed by atoms with van der Waals surface area (Å²) in [7, 11) is -3.19. The standard InChI is InChI=1S/C21H27N3O6S/c25-20-8-14(10-24(20)15-4-5-18-19(9-15)30-13-29-18)21(26)22-16-11-31(27,28)12-17(16)23-6-2-1-3-7-23/h4-5,9,14,16-17H,1-3,6-8,10-13H2,(H,22,26). The molecule has 1 aromatic rings. The summed E-state index contributed by atoms with van der Waals surface area (Å²) in [6.07, 6.45) is 3.37. The normalized spacial score (nSPS) is 30.0. The Morgan fingerprint density at radius 3 is 2.65 bits per heavy atom. The molecular formula is C21H27N3O6S. The van der Waals surface area contributed by atoms with Gasteiger partial charge in [-0.05, 0) is 38.1 Å². The van der Waals surface area contributed by atoms with Crippen LogP contribution in [0.15, 0.2) is 18.2 Å².